The van der Waals surface area contributed by atoms with Gasteiger partial charge in [0, 0.05) is 6.54 Å². The first-order chi connectivity index (χ1) is 9.08. The standard InChI is InChI=1S/C14H20FNO3/c1-4-7-16-9-11-5-6-13(12(15)8-11)19-10(2)14(17)18-3/h5-6,8,10,16H,4,7,9H2,1-3H3. The molecule has 0 aliphatic heterocycles. The van der Waals surface area contributed by atoms with Crippen LogP contribution in [0.5, 0.6) is 5.75 Å². The van der Waals surface area contributed by atoms with Crippen LogP contribution in [-0.4, -0.2) is 25.7 Å². The number of methoxy groups -OCH3 is 1. The summed E-state index contributed by atoms with van der Waals surface area (Å²) in [6.45, 7) is 5.08. The molecule has 5 heteroatoms. The molecule has 1 atom stereocenters. The van der Waals surface area contributed by atoms with Gasteiger partial charge >= 0.3 is 5.97 Å². The lowest BCUT2D eigenvalue weighted by atomic mass is 10.2. The lowest BCUT2D eigenvalue weighted by molar-refractivity contribution is -0.148. The first-order valence-corrected chi connectivity index (χ1v) is 6.32. The van der Waals surface area contributed by atoms with E-state index in [1.807, 2.05) is 0 Å². The number of ether oxygens (including phenoxy) is 2. The summed E-state index contributed by atoms with van der Waals surface area (Å²) < 4.78 is 23.5. The van der Waals surface area contributed by atoms with E-state index in [1.165, 1.54) is 26.2 Å². The van der Waals surface area contributed by atoms with E-state index in [0.29, 0.717) is 6.54 Å². The van der Waals surface area contributed by atoms with Crippen molar-refractivity contribution in [2.24, 2.45) is 0 Å². The van der Waals surface area contributed by atoms with Crippen LogP contribution in [0.4, 0.5) is 4.39 Å². The van der Waals surface area contributed by atoms with Gasteiger partial charge in [-0.1, -0.05) is 13.0 Å². The lowest BCUT2D eigenvalue weighted by Gasteiger charge is -2.13. The Morgan fingerprint density at radius 3 is 2.79 bits per heavy atom. The quantitative estimate of drug-likeness (QED) is 0.609. The highest BCUT2D eigenvalue weighted by atomic mass is 19.1. The molecule has 1 N–H and O–H groups in total. The van der Waals surface area contributed by atoms with Gasteiger partial charge in [0.25, 0.3) is 0 Å². The zero-order valence-electron chi connectivity index (χ0n) is 11.5. The second-order valence-electron chi connectivity index (χ2n) is 4.22. The Morgan fingerprint density at radius 2 is 2.21 bits per heavy atom. The van der Waals surface area contributed by atoms with Crippen LogP contribution in [0.2, 0.25) is 0 Å². The van der Waals surface area contributed by atoms with E-state index in [1.54, 1.807) is 6.07 Å². The van der Waals surface area contributed by atoms with Crippen molar-refractivity contribution in [1.29, 1.82) is 0 Å². The van der Waals surface area contributed by atoms with Crippen molar-refractivity contribution >= 4 is 5.97 Å². The molecule has 0 fully saturated rings. The maximum atomic E-state index is 13.8. The second kappa shape index (κ2) is 7.74. The Bertz CT molecular complexity index is 423. The van der Waals surface area contributed by atoms with Gasteiger partial charge in [0.15, 0.2) is 17.7 Å². The van der Waals surface area contributed by atoms with E-state index in [-0.39, 0.29) is 5.75 Å². The number of carbonyl (C=O) groups excluding carboxylic acids is 1. The second-order valence-corrected chi connectivity index (χ2v) is 4.22. The first-order valence-electron chi connectivity index (χ1n) is 6.32. The topological polar surface area (TPSA) is 47.6 Å². The van der Waals surface area contributed by atoms with Crippen molar-refractivity contribution < 1.29 is 18.7 Å². The number of halogens is 1. The number of hydrogen-bond acceptors (Lipinski definition) is 4. The molecule has 0 aliphatic rings. The van der Waals surface area contributed by atoms with E-state index in [4.69, 9.17) is 4.74 Å². The fraction of sp³-hybridized carbons (Fsp3) is 0.500. The van der Waals surface area contributed by atoms with E-state index >= 15 is 0 Å². The van der Waals surface area contributed by atoms with Gasteiger partial charge in [0.1, 0.15) is 0 Å². The predicted molar refractivity (Wildman–Crippen MR) is 70.5 cm³/mol. The summed E-state index contributed by atoms with van der Waals surface area (Å²) in [5, 5.41) is 3.18. The van der Waals surface area contributed by atoms with Gasteiger partial charge < -0.3 is 14.8 Å². The van der Waals surface area contributed by atoms with Crippen molar-refractivity contribution in [1.82, 2.24) is 5.32 Å². The SMILES string of the molecule is CCCNCc1ccc(OC(C)C(=O)OC)c(F)c1. The van der Waals surface area contributed by atoms with Crippen LogP contribution in [0.3, 0.4) is 0 Å². The molecule has 1 aromatic carbocycles. The van der Waals surface area contributed by atoms with Gasteiger partial charge in [0.2, 0.25) is 0 Å². The molecule has 1 rings (SSSR count). The fourth-order valence-corrected chi connectivity index (χ4v) is 1.56. The monoisotopic (exact) mass is 269 g/mol. The number of carbonyl (C=O) groups is 1. The number of benzene rings is 1. The van der Waals surface area contributed by atoms with Gasteiger partial charge in [-0.05, 0) is 37.6 Å². The summed E-state index contributed by atoms with van der Waals surface area (Å²) in [4.78, 5) is 11.2. The number of nitrogens with one attached hydrogen (secondary N) is 1. The zero-order valence-corrected chi connectivity index (χ0v) is 11.5. The van der Waals surface area contributed by atoms with Crippen molar-refractivity contribution in [3.05, 3.63) is 29.6 Å². The third-order valence-electron chi connectivity index (χ3n) is 2.59. The van der Waals surface area contributed by atoms with Crippen molar-refractivity contribution in [2.45, 2.75) is 32.9 Å². The molecule has 0 spiro atoms. The summed E-state index contributed by atoms with van der Waals surface area (Å²) in [7, 11) is 1.26. The Balaban J connectivity index is 2.64. The van der Waals surface area contributed by atoms with Gasteiger partial charge in [0.05, 0.1) is 7.11 Å². The molecular formula is C14H20FNO3. The molecule has 0 saturated heterocycles. The summed E-state index contributed by atoms with van der Waals surface area (Å²) in [5.74, 6) is -0.961. The summed E-state index contributed by atoms with van der Waals surface area (Å²) in [6, 6.07) is 4.70. The molecule has 106 valence electrons. The molecule has 0 aromatic heterocycles. The third-order valence-corrected chi connectivity index (χ3v) is 2.59. The van der Waals surface area contributed by atoms with E-state index < -0.39 is 17.9 Å². The predicted octanol–water partition coefficient (Wildman–Crippen LogP) is 2.27. The lowest BCUT2D eigenvalue weighted by Crippen LogP contribution is -2.25. The minimum atomic E-state index is -0.830. The first kappa shape index (κ1) is 15.4. The van der Waals surface area contributed by atoms with Gasteiger partial charge in [-0.3, -0.25) is 0 Å². The van der Waals surface area contributed by atoms with Crippen molar-refractivity contribution in [3.8, 4) is 5.75 Å². The largest absolute Gasteiger partial charge is 0.476 e. The number of esters is 1. The highest BCUT2D eigenvalue weighted by Gasteiger charge is 2.16. The Labute approximate surface area is 112 Å². The average Bonchev–Trinajstić information content (AvgIpc) is 2.41. The smallest absolute Gasteiger partial charge is 0.346 e. The van der Waals surface area contributed by atoms with Crippen LogP contribution in [0.1, 0.15) is 25.8 Å². The van der Waals surface area contributed by atoms with Gasteiger partial charge in [-0.15, -0.1) is 0 Å². The molecule has 19 heavy (non-hydrogen) atoms. The molecule has 0 bridgehead atoms. The molecule has 0 amide bonds. The highest BCUT2D eigenvalue weighted by molar-refractivity contribution is 5.74. The third kappa shape index (κ3) is 4.87. The molecule has 0 heterocycles. The van der Waals surface area contributed by atoms with Crippen LogP contribution < -0.4 is 10.1 Å². The molecule has 1 aromatic rings. The molecule has 0 radical (unpaired) electrons. The van der Waals surface area contributed by atoms with E-state index in [0.717, 1.165) is 18.5 Å². The number of hydrogen-bond donors (Lipinski definition) is 1. The molecule has 4 nitrogen and oxygen atoms in total. The van der Waals surface area contributed by atoms with E-state index in [9.17, 15) is 9.18 Å². The van der Waals surface area contributed by atoms with E-state index in [2.05, 4.69) is 17.0 Å². The maximum absolute atomic E-state index is 13.8. The molecule has 0 aliphatic carbocycles. The average molecular weight is 269 g/mol. The normalized spacial score (nSPS) is 12.0. The van der Waals surface area contributed by atoms with Crippen LogP contribution in [0, 0.1) is 5.82 Å². The summed E-state index contributed by atoms with van der Waals surface area (Å²) >= 11 is 0. The Morgan fingerprint density at radius 1 is 1.47 bits per heavy atom. The molecule has 0 saturated carbocycles. The van der Waals surface area contributed by atoms with Crippen LogP contribution in [0.25, 0.3) is 0 Å². The van der Waals surface area contributed by atoms with Crippen LogP contribution in [-0.2, 0) is 16.1 Å². The van der Waals surface area contributed by atoms with Gasteiger partial charge in [-0.25, -0.2) is 9.18 Å². The Hall–Kier alpha value is -1.62. The molecule has 1 unspecified atom stereocenters. The van der Waals surface area contributed by atoms with Crippen molar-refractivity contribution in [2.75, 3.05) is 13.7 Å². The highest BCUT2D eigenvalue weighted by Crippen LogP contribution is 2.20. The van der Waals surface area contributed by atoms with Crippen molar-refractivity contribution in [3.63, 3.8) is 0 Å². The molecular weight excluding hydrogens is 249 g/mol. The minimum Gasteiger partial charge on any atom is -0.476 e. The van der Waals surface area contributed by atoms with Gasteiger partial charge in [-0.2, -0.15) is 0 Å². The zero-order chi connectivity index (χ0) is 14.3. The van der Waals surface area contributed by atoms with Crippen LogP contribution >= 0.6 is 0 Å². The minimum absolute atomic E-state index is 0.0529. The Kier molecular flexibility index (Phi) is 6.29. The summed E-state index contributed by atoms with van der Waals surface area (Å²) in [6.07, 6.45) is 0.198. The summed E-state index contributed by atoms with van der Waals surface area (Å²) in [5.41, 5.74) is 0.837. The maximum Gasteiger partial charge on any atom is 0.346 e. The van der Waals surface area contributed by atoms with Crippen LogP contribution in [0.15, 0.2) is 18.2 Å². The fourth-order valence-electron chi connectivity index (χ4n) is 1.56. The number of rotatable bonds is 7.